The molecule has 1 aromatic rings. The fraction of sp³-hybridized carbons (Fsp3) is 0.545. The molecule has 0 bridgehead atoms. The summed E-state index contributed by atoms with van der Waals surface area (Å²) in [6, 6.07) is 3.83. The quantitative estimate of drug-likeness (QED) is 0.812. The zero-order valence-corrected chi connectivity index (χ0v) is 9.38. The van der Waals surface area contributed by atoms with Crippen LogP contribution in [0.25, 0.3) is 0 Å². The first-order chi connectivity index (χ1) is 6.70. The Bertz CT molecular complexity index is 275. The van der Waals surface area contributed by atoms with Crippen molar-refractivity contribution in [3.63, 3.8) is 0 Å². The van der Waals surface area contributed by atoms with Crippen molar-refractivity contribution in [2.45, 2.75) is 32.6 Å². The van der Waals surface area contributed by atoms with Gasteiger partial charge in [0.05, 0.1) is 5.92 Å². The minimum absolute atomic E-state index is 0.256. The molecule has 0 aromatic carbocycles. The molecule has 78 valence electrons. The summed E-state index contributed by atoms with van der Waals surface area (Å²) in [6.45, 7) is 4.11. The van der Waals surface area contributed by atoms with Gasteiger partial charge < -0.3 is 5.11 Å². The van der Waals surface area contributed by atoms with Gasteiger partial charge in [0, 0.05) is 4.88 Å². The standard InChI is InChI=1S/C11H16O2S/c1-3-8(4-2)10(11(12)13)9-6-5-7-14-9/h5-8,10H,3-4H2,1-2H3,(H,12,13). The summed E-state index contributed by atoms with van der Waals surface area (Å²) in [4.78, 5) is 12.1. The van der Waals surface area contributed by atoms with Crippen molar-refractivity contribution < 1.29 is 9.90 Å². The molecule has 0 aliphatic carbocycles. The van der Waals surface area contributed by atoms with Crippen LogP contribution in [0, 0.1) is 5.92 Å². The molecule has 0 aliphatic rings. The predicted octanol–water partition coefficient (Wildman–Crippen LogP) is 3.35. The van der Waals surface area contributed by atoms with Gasteiger partial charge in [-0.3, -0.25) is 4.79 Å². The average molecular weight is 212 g/mol. The molecule has 0 saturated carbocycles. The van der Waals surface area contributed by atoms with E-state index < -0.39 is 5.97 Å². The lowest BCUT2D eigenvalue weighted by molar-refractivity contribution is -0.140. The Morgan fingerprint density at radius 2 is 2.14 bits per heavy atom. The van der Waals surface area contributed by atoms with Crippen molar-refractivity contribution in [1.82, 2.24) is 0 Å². The summed E-state index contributed by atoms with van der Waals surface area (Å²) in [7, 11) is 0. The lowest BCUT2D eigenvalue weighted by atomic mass is 9.87. The first-order valence-corrected chi connectivity index (χ1v) is 5.84. The Hall–Kier alpha value is -0.830. The molecule has 1 N–H and O–H groups in total. The number of carbonyl (C=O) groups is 1. The Kier molecular flexibility index (Phi) is 4.14. The van der Waals surface area contributed by atoms with Crippen LogP contribution in [0.3, 0.4) is 0 Å². The van der Waals surface area contributed by atoms with Gasteiger partial charge >= 0.3 is 5.97 Å². The molecule has 0 aliphatic heterocycles. The minimum atomic E-state index is -0.693. The number of hydrogen-bond acceptors (Lipinski definition) is 2. The van der Waals surface area contributed by atoms with Crippen LogP contribution in [-0.4, -0.2) is 11.1 Å². The van der Waals surface area contributed by atoms with Crippen molar-refractivity contribution in [3.05, 3.63) is 22.4 Å². The lowest BCUT2D eigenvalue weighted by Gasteiger charge is -2.19. The summed E-state index contributed by atoms with van der Waals surface area (Å²) in [6.07, 6.45) is 1.84. The van der Waals surface area contributed by atoms with Gasteiger partial charge in [-0.15, -0.1) is 11.3 Å². The predicted molar refractivity (Wildman–Crippen MR) is 58.8 cm³/mol. The van der Waals surface area contributed by atoms with E-state index >= 15 is 0 Å². The zero-order valence-electron chi connectivity index (χ0n) is 8.56. The Morgan fingerprint density at radius 3 is 2.50 bits per heavy atom. The summed E-state index contributed by atoms with van der Waals surface area (Å²) in [5.74, 6) is -0.752. The third-order valence-corrected chi connectivity index (χ3v) is 3.59. The molecular weight excluding hydrogens is 196 g/mol. The summed E-state index contributed by atoms with van der Waals surface area (Å²) >= 11 is 1.54. The molecule has 1 rings (SSSR count). The molecule has 0 saturated heterocycles. The molecule has 0 fully saturated rings. The van der Waals surface area contributed by atoms with Crippen LogP contribution in [0.4, 0.5) is 0 Å². The summed E-state index contributed by atoms with van der Waals surface area (Å²) < 4.78 is 0. The molecule has 1 aromatic heterocycles. The van der Waals surface area contributed by atoms with Crippen LogP contribution in [0.5, 0.6) is 0 Å². The molecule has 14 heavy (non-hydrogen) atoms. The van der Waals surface area contributed by atoms with Gasteiger partial charge in [0.2, 0.25) is 0 Å². The molecule has 0 amide bonds. The highest BCUT2D eigenvalue weighted by atomic mass is 32.1. The largest absolute Gasteiger partial charge is 0.481 e. The number of aliphatic carboxylic acids is 1. The van der Waals surface area contributed by atoms with E-state index in [9.17, 15) is 9.90 Å². The van der Waals surface area contributed by atoms with Crippen molar-refractivity contribution in [2.75, 3.05) is 0 Å². The highest BCUT2D eigenvalue weighted by Gasteiger charge is 2.27. The normalized spacial score (nSPS) is 13.1. The number of hydrogen-bond donors (Lipinski definition) is 1. The molecule has 1 unspecified atom stereocenters. The second kappa shape index (κ2) is 5.15. The van der Waals surface area contributed by atoms with Crippen molar-refractivity contribution in [2.24, 2.45) is 5.92 Å². The third kappa shape index (κ3) is 2.35. The summed E-state index contributed by atoms with van der Waals surface area (Å²) in [5.41, 5.74) is 0. The highest BCUT2D eigenvalue weighted by Crippen LogP contribution is 2.32. The lowest BCUT2D eigenvalue weighted by Crippen LogP contribution is -2.19. The first kappa shape index (κ1) is 11.2. The number of thiophene rings is 1. The molecule has 2 nitrogen and oxygen atoms in total. The van der Waals surface area contributed by atoms with Gasteiger partial charge in [-0.1, -0.05) is 32.8 Å². The van der Waals surface area contributed by atoms with E-state index in [2.05, 4.69) is 13.8 Å². The maximum absolute atomic E-state index is 11.2. The van der Waals surface area contributed by atoms with Crippen LogP contribution in [0.15, 0.2) is 17.5 Å². The van der Waals surface area contributed by atoms with Crippen molar-refractivity contribution in [3.8, 4) is 0 Å². The number of rotatable bonds is 5. The molecule has 0 radical (unpaired) electrons. The third-order valence-electron chi connectivity index (χ3n) is 2.64. The number of carboxylic acids is 1. The second-order valence-electron chi connectivity index (χ2n) is 3.41. The van der Waals surface area contributed by atoms with Crippen LogP contribution in [-0.2, 0) is 4.79 Å². The molecular formula is C11H16O2S. The SMILES string of the molecule is CCC(CC)C(C(=O)O)c1cccs1. The second-order valence-corrected chi connectivity index (χ2v) is 4.39. The van der Waals surface area contributed by atoms with Gasteiger partial charge in [0.25, 0.3) is 0 Å². The minimum Gasteiger partial charge on any atom is -0.481 e. The molecule has 3 heteroatoms. The summed E-state index contributed by atoms with van der Waals surface area (Å²) in [5, 5.41) is 11.1. The Balaban J connectivity index is 2.89. The van der Waals surface area contributed by atoms with Crippen LogP contribution >= 0.6 is 11.3 Å². The van der Waals surface area contributed by atoms with E-state index in [4.69, 9.17) is 0 Å². The Labute approximate surface area is 88.6 Å². The molecule has 0 spiro atoms. The van der Waals surface area contributed by atoms with E-state index in [0.717, 1.165) is 17.7 Å². The van der Waals surface area contributed by atoms with E-state index in [-0.39, 0.29) is 11.8 Å². The Morgan fingerprint density at radius 1 is 1.50 bits per heavy atom. The van der Waals surface area contributed by atoms with Gasteiger partial charge in [0.15, 0.2) is 0 Å². The van der Waals surface area contributed by atoms with Gasteiger partial charge in [-0.05, 0) is 17.4 Å². The van der Waals surface area contributed by atoms with Crippen LogP contribution in [0.2, 0.25) is 0 Å². The van der Waals surface area contributed by atoms with Gasteiger partial charge in [-0.25, -0.2) is 0 Å². The number of carboxylic acid groups (broad SMARTS) is 1. The maximum Gasteiger partial charge on any atom is 0.312 e. The molecule has 1 atom stereocenters. The highest BCUT2D eigenvalue weighted by molar-refractivity contribution is 7.10. The van der Waals surface area contributed by atoms with Crippen molar-refractivity contribution in [1.29, 1.82) is 0 Å². The average Bonchev–Trinajstić information content (AvgIpc) is 2.65. The van der Waals surface area contributed by atoms with E-state index in [1.165, 1.54) is 11.3 Å². The van der Waals surface area contributed by atoms with Crippen LogP contribution in [0.1, 0.15) is 37.5 Å². The fourth-order valence-corrected chi connectivity index (χ4v) is 2.70. The van der Waals surface area contributed by atoms with Crippen molar-refractivity contribution >= 4 is 17.3 Å². The monoisotopic (exact) mass is 212 g/mol. The van der Waals surface area contributed by atoms with Gasteiger partial charge in [0.1, 0.15) is 0 Å². The first-order valence-electron chi connectivity index (χ1n) is 4.96. The van der Waals surface area contributed by atoms with E-state index in [0.29, 0.717) is 0 Å². The van der Waals surface area contributed by atoms with Crippen LogP contribution < -0.4 is 0 Å². The topological polar surface area (TPSA) is 37.3 Å². The smallest absolute Gasteiger partial charge is 0.312 e. The fourth-order valence-electron chi connectivity index (χ4n) is 1.78. The zero-order chi connectivity index (χ0) is 10.6. The molecule has 1 heterocycles. The van der Waals surface area contributed by atoms with E-state index in [1.807, 2.05) is 17.5 Å². The van der Waals surface area contributed by atoms with E-state index in [1.54, 1.807) is 0 Å². The van der Waals surface area contributed by atoms with Gasteiger partial charge in [-0.2, -0.15) is 0 Å². The maximum atomic E-state index is 11.2.